The lowest BCUT2D eigenvalue weighted by Crippen LogP contribution is -2.55. The van der Waals surface area contributed by atoms with E-state index in [-0.39, 0.29) is 6.04 Å². The van der Waals surface area contributed by atoms with Crippen molar-refractivity contribution in [1.82, 2.24) is 20.7 Å². The summed E-state index contributed by atoms with van der Waals surface area (Å²) in [6, 6.07) is 5.16. The number of carbonyl (C=O) groups excluding carboxylic acids is 5. The van der Waals surface area contributed by atoms with Crippen LogP contribution in [0.5, 0.6) is 0 Å². The molecule has 10 nitrogen and oxygen atoms in total. The minimum absolute atomic E-state index is 0.290. The Morgan fingerprint density at radius 2 is 1.82 bits per heavy atom. The summed E-state index contributed by atoms with van der Waals surface area (Å²) in [5.74, 6) is -3.61. The smallest absolute Gasteiger partial charge is 0.309 e. The molecule has 0 aromatic heterocycles. The molecule has 0 spiro atoms. The van der Waals surface area contributed by atoms with Gasteiger partial charge in [0.05, 0.1) is 18.5 Å². The molecule has 1 aromatic carbocycles. The van der Waals surface area contributed by atoms with E-state index in [0.717, 1.165) is 24.0 Å². The number of carbonyl (C=O) groups is 5. The van der Waals surface area contributed by atoms with Crippen LogP contribution in [0, 0.1) is 5.92 Å². The number of hydrogen-bond acceptors (Lipinski definition) is 6. The van der Waals surface area contributed by atoms with Crippen LogP contribution in [0.2, 0.25) is 0 Å². The Balaban J connectivity index is 1.99. The van der Waals surface area contributed by atoms with Crippen LogP contribution in [0.1, 0.15) is 50.3 Å². The summed E-state index contributed by atoms with van der Waals surface area (Å²) in [6.07, 6.45) is 3.72. The van der Waals surface area contributed by atoms with Gasteiger partial charge in [-0.2, -0.15) is 0 Å². The number of aldehydes is 1. The average molecular weight is 479 g/mol. The van der Waals surface area contributed by atoms with Gasteiger partial charge in [-0.15, -0.1) is 0 Å². The monoisotopic (exact) mass is 478 g/mol. The van der Waals surface area contributed by atoms with Crippen molar-refractivity contribution in [1.29, 1.82) is 0 Å². The zero-order valence-corrected chi connectivity index (χ0v) is 19.7. The van der Waals surface area contributed by atoms with Crippen LogP contribution >= 0.6 is 0 Å². The third-order valence-corrected chi connectivity index (χ3v) is 5.79. The molecule has 1 aromatic rings. The van der Waals surface area contributed by atoms with Gasteiger partial charge in [0.1, 0.15) is 23.3 Å². The average Bonchev–Trinajstić information content (AvgIpc) is 2.76. The topological polar surface area (TPSA) is 151 Å². The van der Waals surface area contributed by atoms with Gasteiger partial charge in [-0.25, -0.2) is 4.21 Å². The van der Waals surface area contributed by atoms with Crippen LogP contribution in [-0.4, -0.2) is 52.5 Å². The summed E-state index contributed by atoms with van der Waals surface area (Å²) in [5, 5.41) is 7.53. The first-order valence-electron chi connectivity index (χ1n) is 10.7. The van der Waals surface area contributed by atoms with E-state index in [4.69, 9.17) is 0 Å². The van der Waals surface area contributed by atoms with Crippen molar-refractivity contribution in [3.63, 3.8) is 0 Å². The van der Waals surface area contributed by atoms with Gasteiger partial charge in [-0.3, -0.25) is 23.9 Å². The molecular formula is C22H30N4O6S. The van der Waals surface area contributed by atoms with Crippen molar-refractivity contribution in [2.45, 2.75) is 57.7 Å². The zero-order valence-electron chi connectivity index (χ0n) is 18.9. The van der Waals surface area contributed by atoms with Crippen molar-refractivity contribution in [3.8, 4) is 0 Å². The van der Waals surface area contributed by atoms with E-state index in [9.17, 15) is 28.2 Å². The lowest BCUT2D eigenvalue weighted by atomic mass is 9.88. The molecule has 0 aliphatic heterocycles. The molecule has 0 bridgehead atoms. The molecule has 4 amide bonds. The Kier molecular flexibility index (Phi) is 9.71. The molecule has 180 valence electrons. The molecule has 33 heavy (non-hydrogen) atoms. The van der Waals surface area contributed by atoms with E-state index in [0.29, 0.717) is 12.7 Å². The van der Waals surface area contributed by atoms with Crippen LogP contribution in [0.25, 0.3) is 0 Å². The molecule has 4 N–H and O–H groups in total. The van der Waals surface area contributed by atoms with Crippen LogP contribution in [0.15, 0.2) is 24.3 Å². The second-order valence-electron chi connectivity index (χ2n) is 8.25. The maximum Gasteiger partial charge on any atom is 0.309 e. The fourth-order valence-electron chi connectivity index (χ4n) is 3.68. The van der Waals surface area contributed by atoms with Gasteiger partial charge in [0.2, 0.25) is 11.8 Å². The molecule has 0 heterocycles. The highest BCUT2D eigenvalue weighted by atomic mass is 32.2. The van der Waals surface area contributed by atoms with E-state index < -0.39 is 59.0 Å². The highest BCUT2D eigenvalue weighted by Gasteiger charge is 2.30. The highest BCUT2D eigenvalue weighted by molar-refractivity contribution is 7.82. The number of fused-ring (bicyclic) bond motifs is 1. The van der Waals surface area contributed by atoms with Gasteiger partial charge >= 0.3 is 11.8 Å². The summed E-state index contributed by atoms with van der Waals surface area (Å²) in [4.78, 5) is 60.7. The summed E-state index contributed by atoms with van der Waals surface area (Å²) in [5.41, 5.74) is 2.10. The summed E-state index contributed by atoms with van der Waals surface area (Å²) >= 11 is 0. The Morgan fingerprint density at radius 1 is 1.12 bits per heavy atom. The lowest BCUT2D eigenvalue weighted by Gasteiger charge is -2.27. The summed E-state index contributed by atoms with van der Waals surface area (Å²) in [6.45, 7) is 3.34. The van der Waals surface area contributed by atoms with Crippen LogP contribution in [0.3, 0.4) is 0 Å². The number of aryl methyl sites for hydroxylation is 1. The maximum absolute atomic E-state index is 12.7. The van der Waals surface area contributed by atoms with E-state index in [1.165, 1.54) is 6.26 Å². The Morgan fingerprint density at radius 3 is 2.45 bits per heavy atom. The van der Waals surface area contributed by atoms with Gasteiger partial charge in [-0.1, -0.05) is 38.1 Å². The zero-order chi connectivity index (χ0) is 24.5. The van der Waals surface area contributed by atoms with Crippen molar-refractivity contribution in [3.05, 3.63) is 35.4 Å². The van der Waals surface area contributed by atoms with Crippen molar-refractivity contribution in [2.24, 2.45) is 5.92 Å². The quantitative estimate of drug-likeness (QED) is 0.285. The van der Waals surface area contributed by atoms with E-state index in [1.54, 1.807) is 13.8 Å². The standard InChI is InChI=1S/C22H30N4O6S/c1-13(2)19(20(29)23-15(12-27)11-18(28)26-33(3)32)25-22(31)21(30)24-17-10-6-8-14-7-4-5-9-16(14)17/h4-5,7,9,12-13,15,17,19H,6,8,10-11H2,1-3H3,(H,23,29)(H,24,30)(H,25,31)(H,26,28). The van der Waals surface area contributed by atoms with E-state index in [2.05, 4.69) is 20.7 Å². The molecule has 1 aliphatic rings. The van der Waals surface area contributed by atoms with Gasteiger partial charge in [0.15, 0.2) is 0 Å². The molecule has 0 saturated carbocycles. The molecular weight excluding hydrogens is 448 g/mol. The Labute approximate surface area is 195 Å². The Bertz CT molecular complexity index is 935. The van der Waals surface area contributed by atoms with Gasteiger partial charge in [-0.05, 0) is 36.3 Å². The number of rotatable bonds is 9. The fourth-order valence-corrected chi connectivity index (χ4v) is 4.08. The first-order chi connectivity index (χ1) is 15.6. The molecule has 4 unspecified atom stereocenters. The first-order valence-corrected chi connectivity index (χ1v) is 12.3. The predicted molar refractivity (Wildman–Crippen MR) is 122 cm³/mol. The van der Waals surface area contributed by atoms with Gasteiger partial charge in [0.25, 0.3) is 0 Å². The number of hydrogen-bond donors (Lipinski definition) is 4. The van der Waals surface area contributed by atoms with Crippen LogP contribution in [-0.2, 0) is 41.4 Å². The van der Waals surface area contributed by atoms with Crippen molar-refractivity contribution in [2.75, 3.05) is 6.26 Å². The maximum atomic E-state index is 12.7. The van der Waals surface area contributed by atoms with Gasteiger partial charge in [0, 0.05) is 6.26 Å². The highest BCUT2D eigenvalue weighted by Crippen LogP contribution is 2.29. The minimum Gasteiger partial charge on any atom is -0.344 e. The molecule has 0 fully saturated rings. The van der Waals surface area contributed by atoms with Crippen molar-refractivity contribution < 1.29 is 28.2 Å². The third kappa shape index (κ3) is 7.77. The second kappa shape index (κ2) is 12.2. The van der Waals surface area contributed by atoms with Gasteiger partial charge < -0.3 is 20.7 Å². The summed E-state index contributed by atoms with van der Waals surface area (Å²) in [7, 11) is -1.60. The molecule has 2 rings (SSSR count). The van der Waals surface area contributed by atoms with Crippen LogP contribution in [0.4, 0.5) is 0 Å². The predicted octanol–water partition coefficient (Wildman–Crippen LogP) is -0.195. The van der Waals surface area contributed by atoms with Crippen LogP contribution < -0.4 is 20.7 Å². The molecule has 11 heteroatoms. The SMILES string of the molecule is CC(C)C(NC(=O)C(=O)NC1CCCc2ccccc21)C(=O)NC(C=O)CC(=O)NS(C)=O. The second-order valence-corrected chi connectivity index (χ2v) is 9.36. The molecule has 1 aliphatic carbocycles. The largest absolute Gasteiger partial charge is 0.344 e. The molecule has 0 radical (unpaired) electrons. The lowest BCUT2D eigenvalue weighted by molar-refractivity contribution is -0.141. The first kappa shape index (κ1) is 26.2. The summed E-state index contributed by atoms with van der Waals surface area (Å²) < 4.78 is 13.2. The fraction of sp³-hybridized carbons (Fsp3) is 0.500. The number of nitrogens with one attached hydrogen (secondary N) is 4. The number of benzene rings is 1. The van der Waals surface area contributed by atoms with E-state index >= 15 is 0 Å². The third-order valence-electron chi connectivity index (χ3n) is 5.27. The molecule has 4 atom stereocenters. The Hall–Kier alpha value is -3.08. The number of amides is 4. The minimum atomic E-state index is -1.60. The normalized spacial score (nSPS) is 17.6. The van der Waals surface area contributed by atoms with Crippen molar-refractivity contribution >= 4 is 40.9 Å². The molecule has 0 saturated heterocycles. The van der Waals surface area contributed by atoms with E-state index in [1.807, 2.05) is 24.3 Å².